The van der Waals surface area contributed by atoms with Crippen molar-refractivity contribution in [3.05, 3.63) is 35.5 Å². The van der Waals surface area contributed by atoms with E-state index in [1.165, 1.54) is 6.20 Å². The van der Waals surface area contributed by atoms with Gasteiger partial charge in [-0.1, -0.05) is 5.21 Å². The van der Waals surface area contributed by atoms with E-state index in [0.717, 1.165) is 10.4 Å². The first-order valence-electron chi connectivity index (χ1n) is 5.50. The Kier molecular flexibility index (Phi) is 3.60. The van der Waals surface area contributed by atoms with Crippen LogP contribution in [0.1, 0.15) is 22.0 Å². The highest BCUT2D eigenvalue weighted by atomic mass is 16.4. The predicted octanol–water partition coefficient (Wildman–Crippen LogP) is 0.194. The number of nitrogens with zero attached hydrogens (tertiary/aromatic N) is 3. The number of aryl methyl sites for hydroxylation is 1. The number of aromatic nitrogens is 3. The van der Waals surface area contributed by atoms with Crippen LogP contribution in [0, 0.1) is 6.92 Å². The van der Waals surface area contributed by atoms with Crippen LogP contribution in [0.25, 0.3) is 0 Å². The van der Waals surface area contributed by atoms with Gasteiger partial charge in [-0.2, -0.15) is 0 Å². The molecule has 0 aliphatic rings. The van der Waals surface area contributed by atoms with Gasteiger partial charge in [0.05, 0.1) is 12.7 Å². The molecule has 8 heteroatoms. The Morgan fingerprint density at radius 2 is 2.26 bits per heavy atom. The molecule has 0 fully saturated rings. The number of amides is 1. The summed E-state index contributed by atoms with van der Waals surface area (Å²) in [5.41, 5.74) is 0.0597. The molecule has 0 aliphatic heterocycles. The van der Waals surface area contributed by atoms with Crippen molar-refractivity contribution in [2.24, 2.45) is 0 Å². The van der Waals surface area contributed by atoms with Crippen LogP contribution in [0.5, 0.6) is 0 Å². The van der Waals surface area contributed by atoms with Gasteiger partial charge in [0, 0.05) is 0 Å². The Hall–Kier alpha value is -2.64. The summed E-state index contributed by atoms with van der Waals surface area (Å²) in [7, 11) is 0. The lowest BCUT2D eigenvalue weighted by atomic mass is 10.4. The summed E-state index contributed by atoms with van der Waals surface area (Å²) in [6, 6.07) is 3.56. The molecule has 0 saturated carbocycles. The monoisotopic (exact) mass is 264 g/mol. The van der Waals surface area contributed by atoms with E-state index < -0.39 is 11.9 Å². The second kappa shape index (κ2) is 5.34. The molecule has 0 unspecified atom stereocenters. The molecule has 2 aromatic rings. The van der Waals surface area contributed by atoms with Gasteiger partial charge in [0.2, 0.25) is 0 Å². The topological polar surface area (TPSA) is 110 Å². The van der Waals surface area contributed by atoms with Gasteiger partial charge in [-0.15, -0.1) is 5.10 Å². The SMILES string of the molecule is Cc1ccc(CNC(=O)c2cn(CC(=O)O)nn2)o1. The summed E-state index contributed by atoms with van der Waals surface area (Å²) < 4.78 is 6.37. The zero-order valence-corrected chi connectivity index (χ0v) is 10.2. The van der Waals surface area contributed by atoms with Crippen molar-refractivity contribution in [1.29, 1.82) is 0 Å². The Balaban J connectivity index is 1.92. The predicted molar refractivity (Wildman–Crippen MR) is 62.3 cm³/mol. The van der Waals surface area contributed by atoms with Gasteiger partial charge in [0.15, 0.2) is 5.69 Å². The number of hydrogen-bond donors (Lipinski definition) is 2. The quantitative estimate of drug-likeness (QED) is 0.797. The number of carbonyl (C=O) groups excluding carboxylic acids is 1. The summed E-state index contributed by atoms with van der Waals surface area (Å²) in [5, 5.41) is 18.3. The van der Waals surface area contributed by atoms with Crippen LogP contribution in [0.4, 0.5) is 0 Å². The molecule has 100 valence electrons. The summed E-state index contributed by atoms with van der Waals surface area (Å²) in [6.45, 7) is 1.71. The zero-order chi connectivity index (χ0) is 13.8. The van der Waals surface area contributed by atoms with Crippen molar-refractivity contribution >= 4 is 11.9 Å². The minimum absolute atomic E-state index is 0.0597. The van der Waals surface area contributed by atoms with Crippen molar-refractivity contribution in [1.82, 2.24) is 20.3 Å². The van der Waals surface area contributed by atoms with Crippen LogP contribution in [0.15, 0.2) is 22.7 Å². The lowest BCUT2D eigenvalue weighted by molar-refractivity contribution is -0.137. The fourth-order valence-electron chi connectivity index (χ4n) is 1.46. The molecule has 2 heterocycles. The number of nitrogens with one attached hydrogen (secondary N) is 1. The molecule has 1 amide bonds. The molecule has 8 nitrogen and oxygen atoms in total. The molecule has 0 saturated heterocycles. The van der Waals surface area contributed by atoms with Crippen LogP contribution in [-0.2, 0) is 17.9 Å². The van der Waals surface area contributed by atoms with E-state index in [0.29, 0.717) is 5.76 Å². The Bertz CT molecular complexity index is 601. The van der Waals surface area contributed by atoms with E-state index in [1.807, 2.05) is 6.92 Å². The minimum Gasteiger partial charge on any atom is -0.480 e. The molecule has 0 spiro atoms. The molecule has 0 atom stereocenters. The first-order valence-corrected chi connectivity index (χ1v) is 5.50. The number of carbonyl (C=O) groups is 2. The van der Waals surface area contributed by atoms with Gasteiger partial charge in [-0.3, -0.25) is 9.59 Å². The van der Waals surface area contributed by atoms with Crippen molar-refractivity contribution in [3.8, 4) is 0 Å². The Morgan fingerprint density at radius 3 is 2.89 bits per heavy atom. The maximum atomic E-state index is 11.7. The summed E-state index contributed by atoms with van der Waals surface area (Å²) in [6.07, 6.45) is 1.27. The normalized spacial score (nSPS) is 10.4. The molecule has 0 bridgehead atoms. The van der Waals surface area contributed by atoms with Crippen LogP contribution >= 0.6 is 0 Å². The van der Waals surface area contributed by atoms with E-state index in [2.05, 4.69) is 15.6 Å². The average Bonchev–Trinajstić information content (AvgIpc) is 2.95. The zero-order valence-electron chi connectivity index (χ0n) is 10.2. The smallest absolute Gasteiger partial charge is 0.325 e. The Morgan fingerprint density at radius 1 is 1.47 bits per heavy atom. The van der Waals surface area contributed by atoms with Crippen molar-refractivity contribution in [2.75, 3.05) is 0 Å². The average molecular weight is 264 g/mol. The molecule has 19 heavy (non-hydrogen) atoms. The fraction of sp³-hybridized carbons (Fsp3) is 0.273. The van der Waals surface area contributed by atoms with E-state index in [-0.39, 0.29) is 18.8 Å². The maximum Gasteiger partial charge on any atom is 0.325 e. The van der Waals surface area contributed by atoms with Gasteiger partial charge in [0.25, 0.3) is 5.91 Å². The first-order chi connectivity index (χ1) is 9.04. The Labute approximate surface area is 108 Å². The summed E-state index contributed by atoms with van der Waals surface area (Å²) >= 11 is 0. The third-order valence-electron chi connectivity index (χ3n) is 2.29. The first kappa shape index (κ1) is 12.8. The molecule has 0 aromatic carbocycles. The highest BCUT2D eigenvalue weighted by molar-refractivity contribution is 5.91. The highest BCUT2D eigenvalue weighted by Gasteiger charge is 2.12. The molecular weight excluding hydrogens is 252 g/mol. The van der Waals surface area contributed by atoms with Gasteiger partial charge >= 0.3 is 5.97 Å². The molecule has 0 radical (unpaired) electrons. The second-order valence-corrected chi connectivity index (χ2v) is 3.89. The maximum absolute atomic E-state index is 11.7. The van der Waals surface area contributed by atoms with Crippen LogP contribution in [-0.4, -0.2) is 32.0 Å². The highest BCUT2D eigenvalue weighted by Crippen LogP contribution is 2.05. The third kappa shape index (κ3) is 3.41. The van der Waals surface area contributed by atoms with Crippen molar-refractivity contribution < 1.29 is 19.1 Å². The molecule has 2 rings (SSSR count). The van der Waals surface area contributed by atoms with Gasteiger partial charge < -0.3 is 14.8 Å². The third-order valence-corrected chi connectivity index (χ3v) is 2.29. The number of hydrogen-bond acceptors (Lipinski definition) is 5. The molecule has 2 N–H and O–H groups in total. The number of furan rings is 1. The van der Waals surface area contributed by atoms with E-state index in [1.54, 1.807) is 12.1 Å². The van der Waals surface area contributed by atoms with E-state index in [9.17, 15) is 9.59 Å². The number of carboxylic acids is 1. The molecular formula is C11H12N4O4. The summed E-state index contributed by atoms with van der Waals surface area (Å²) in [5.74, 6) is -0.103. The fourth-order valence-corrected chi connectivity index (χ4v) is 1.46. The van der Waals surface area contributed by atoms with Gasteiger partial charge in [-0.25, -0.2) is 4.68 Å². The summed E-state index contributed by atoms with van der Waals surface area (Å²) in [4.78, 5) is 22.2. The lowest BCUT2D eigenvalue weighted by Gasteiger charge is -1.99. The van der Waals surface area contributed by atoms with Crippen LogP contribution < -0.4 is 5.32 Å². The lowest BCUT2D eigenvalue weighted by Crippen LogP contribution is -2.23. The van der Waals surface area contributed by atoms with E-state index in [4.69, 9.17) is 9.52 Å². The minimum atomic E-state index is -1.05. The number of carboxylic acid groups (broad SMARTS) is 1. The standard InChI is InChI=1S/C11H12N4O4/c1-7-2-3-8(19-7)4-12-11(18)9-5-15(14-13-9)6-10(16)17/h2-3,5H,4,6H2,1H3,(H,12,18)(H,16,17). The van der Waals surface area contributed by atoms with Crippen molar-refractivity contribution in [3.63, 3.8) is 0 Å². The second-order valence-electron chi connectivity index (χ2n) is 3.89. The van der Waals surface area contributed by atoms with Crippen molar-refractivity contribution in [2.45, 2.75) is 20.0 Å². The molecule has 2 aromatic heterocycles. The number of aliphatic carboxylic acids is 1. The van der Waals surface area contributed by atoms with Gasteiger partial charge in [0.1, 0.15) is 18.1 Å². The number of rotatable bonds is 5. The van der Waals surface area contributed by atoms with Crippen LogP contribution in [0.3, 0.4) is 0 Å². The largest absolute Gasteiger partial charge is 0.480 e. The van der Waals surface area contributed by atoms with E-state index >= 15 is 0 Å². The molecule has 0 aliphatic carbocycles. The van der Waals surface area contributed by atoms with Crippen LogP contribution in [0.2, 0.25) is 0 Å². The van der Waals surface area contributed by atoms with Gasteiger partial charge in [-0.05, 0) is 19.1 Å².